The Morgan fingerprint density at radius 3 is 2.11 bits per heavy atom. The van der Waals surface area contributed by atoms with E-state index in [9.17, 15) is 14.4 Å². The maximum Gasteiger partial charge on any atom is 0.337 e. The van der Waals surface area contributed by atoms with E-state index in [0.717, 1.165) is 0 Å². The van der Waals surface area contributed by atoms with Gasteiger partial charge in [-0.05, 0) is 49.4 Å². The average molecular weight is 379 g/mol. The molecule has 1 aromatic heterocycles. The topological polar surface area (TPSA) is 111 Å². The van der Waals surface area contributed by atoms with Gasteiger partial charge in [-0.3, -0.25) is 9.59 Å². The van der Waals surface area contributed by atoms with Crippen molar-refractivity contribution in [2.75, 3.05) is 17.7 Å². The molecule has 0 unspecified atom stereocenters. The van der Waals surface area contributed by atoms with Crippen molar-refractivity contribution in [1.82, 2.24) is 5.16 Å². The minimum atomic E-state index is -0.459. The van der Waals surface area contributed by atoms with Crippen LogP contribution in [0, 0.1) is 6.92 Å². The summed E-state index contributed by atoms with van der Waals surface area (Å²) in [5, 5.41) is 9.01. The SMILES string of the molecule is COC(=O)c1ccc(NC(=O)c2cccc(C(=O)Nc3cc(C)on3)c2)cc1. The first-order valence-corrected chi connectivity index (χ1v) is 8.31. The molecule has 0 aliphatic rings. The zero-order valence-electron chi connectivity index (χ0n) is 15.2. The lowest BCUT2D eigenvalue weighted by atomic mass is 10.1. The van der Waals surface area contributed by atoms with Gasteiger partial charge in [-0.15, -0.1) is 0 Å². The number of esters is 1. The molecule has 28 heavy (non-hydrogen) atoms. The zero-order valence-corrected chi connectivity index (χ0v) is 15.2. The van der Waals surface area contributed by atoms with Crippen LogP contribution in [0.3, 0.4) is 0 Å². The van der Waals surface area contributed by atoms with Crippen LogP contribution in [0.2, 0.25) is 0 Å². The van der Waals surface area contributed by atoms with Crippen molar-refractivity contribution in [3.8, 4) is 0 Å². The van der Waals surface area contributed by atoms with E-state index in [-0.39, 0.29) is 0 Å². The van der Waals surface area contributed by atoms with Gasteiger partial charge in [-0.25, -0.2) is 4.79 Å². The highest BCUT2D eigenvalue weighted by Gasteiger charge is 2.13. The number of amides is 2. The van der Waals surface area contributed by atoms with E-state index in [4.69, 9.17) is 4.52 Å². The van der Waals surface area contributed by atoms with E-state index >= 15 is 0 Å². The highest BCUT2D eigenvalue weighted by atomic mass is 16.5. The van der Waals surface area contributed by atoms with Crippen molar-refractivity contribution in [2.24, 2.45) is 0 Å². The smallest absolute Gasteiger partial charge is 0.337 e. The molecule has 0 saturated carbocycles. The molecule has 0 aliphatic heterocycles. The summed E-state index contributed by atoms with van der Waals surface area (Å²) in [6.45, 7) is 1.71. The van der Waals surface area contributed by atoms with Gasteiger partial charge in [-0.1, -0.05) is 11.2 Å². The van der Waals surface area contributed by atoms with Crippen LogP contribution in [0.25, 0.3) is 0 Å². The van der Waals surface area contributed by atoms with Crippen LogP contribution in [0.4, 0.5) is 11.5 Å². The fourth-order valence-electron chi connectivity index (χ4n) is 2.43. The first kappa shape index (κ1) is 18.8. The summed E-state index contributed by atoms with van der Waals surface area (Å²) < 4.78 is 9.53. The molecule has 2 amide bonds. The van der Waals surface area contributed by atoms with Crippen molar-refractivity contribution in [3.63, 3.8) is 0 Å². The molecular formula is C20H17N3O5. The maximum atomic E-state index is 12.5. The van der Waals surface area contributed by atoms with E-state index in [0.29, 0.717) is 34.0 Å². The monoisotopic (exact) mass is 379 g/mol. The number of ether oxygens (including phenoxy) is 1. The number of carbonyl (C=O) groups excluding carboxylic acids is 3. The molecule has 3 aromatic rings. The standard InChI is InChI=1S/C20H17N3O5/c1-12-10-17(23-28-12)22-19(25)15-5-3-4-14(11-15)18(24)21-16-8-6-13(7-9-16)20(26)27-2/h3-11H,1-2H3,(H,21,24)(H,22,23,25). The molecule has 0 bridgehead atoms. The largest absolute Gasteiger partial charge is 0.465 e. The van der Waals surface area contributed by atoms with Crippen LogP contribution in [0.15, 0.2) is 59.1 Å². The third-order valence-electron chi connectivity index (χ3n) is 3.82. The number of benzene rings is 2. The molecule has 0 atom stereocenters. The van der Waals surface area contributed by atoms with Crippen LogP contribution in [-0.2, 0) is 4.74 Å². The van der Waals surface area contributed by atoms with Crippen LogP contribution in [0.1, 0.15) is 36.8 Å². The normalized spacial score (nSPS) is 10.2. The van der Waals surface area contributed by atoms with Crippen LogP contribution in [0.5, 0.6) is 0 Å². The summed E-state index contributed by atoms with van der Waals surface area (Å²) in [5.74, 6) is -0.397. The van der Waals surface area contributed by atoms with E-state index in [1.165, 1.54) is 13.2 Å². The molecule has 3 rings (SSSR count). The zero-order chi connectivity index (χ0) is 20.1. The first-order chi connectivity index (χ1) is 13.5. The second-order valence-corrected chi connectivity index (χ2v) is 5.88. The van der Waals surface area contributed by atoms with Crippen LogP contribution >= 0.6 is 0 Å². The Kier molecular flexibility index (Phi) is 5.50. The minimum absolute atomic E-state index is 0.294. The number of anilines is 2. The van der Waals surface area contributed by atoms with E-state index in [1.54, 1.807) is 55.5 Å². The molecule has 0 saturated heterocycles. The van der Waals surface area contributed by atoms with Gasteiger partial charge in [0, 0.05) is 22.9 Å². The van der Waals surface area contributed by atoms with E-state index in [2.05, 4.69) is 20.5 Å². The van der Waals surface area contributed by atoms with Crippen molar-refractivity contribution < 1.29 is 23.6 Å². The number of carbonyl (C=O) groups is 3. The molecule has 142 valence electrons. The molecule has 2 N–H and O–H groups in total. The Balaban J connectivity index is 1.69. The van der Waals surface area contributed by atoms with Gasteiger partial charge in [0.2, 0.25) is 0 Å². The Labute approximate surface area is 160 Å². The molecule has 0 spiro atoms. The van der Waals surface area contributed by atoms with Crippen molar-refractivity contribution in [2.45, 2.75) is 6.92 Å². The summed E-state index contributed by atoms with van der Waals surface area (Å²) in [6, 6.07) is 14.1. The molecule has 0 aliphatic carbocycles. The highest BCUT2D eigenvalue weighted by molar-refractivity contribution is 6.08. The third kappa shape index (κ3) is 4.42. The van der Waals surface area contributed by atoms with Gasteiger partial charge in [-0.2, -0.15) is 0 Å². The average Bonchev–Trinajstić information content (AvgIpc) is 3.12. The molecule has 8 heteroatoms. The second kappa shape index (κ2) is 8.17. The Morgan fingerprint density at radius 2 is 1.54 bits per heavy atom. The summed E-state index contributed by atoms with van der Waals surface area (Å²) >= 11 is 0. The number of nitrogens with zero attached hydrogens (tertiary/aromatic N) is 1. The van der Waals surface area contributed by atoms with E-state index < -0.39 is 17.8 Å². The number of aromatic nitrogens is 1. The summed E-state index contributed by atoms with van der Waals surface area (Å²) in [4.78, 5) is 36.2. The molecule has 0 radical (unpaired) electrons. The molecule has 1 heterocycles. The minimum Gasteiger partial charge on any atom is -0.465 e. The lowest BCUT2D eigenvalue weighted by Gasteiger charge is -2.08. The lowest BCUT2D eigenvalue weighted by molar-refractivity contribution is 0.0600. The Bertz CT molecular complexity index is 1020. The van der Waals surface area contributed by atoms with E-state index in [1.807, 2.05) is 0 Å². The highest BCUT2D eigenvalue weighted by Crippen LogP contribution is 2.14. The lowest BCUT2D eigenvalue weighted by Crippen LogP contribution is -2.15. The number of nitrogens with one attached hydrogen (secondary N) is 2. The number of rotatable bonds is 5. The fourth-order valence-corrected chi connectivity index (χ4v) is 2.43. The Morgan fingerprint density at radius 1 is 0.893 bits per heavy atom. The second-order valence-electron chi connectivity index (χ2n) is 5.88. The maximum absolute atomic E-state index is 12.5. The van der Waals surface area contributed by atoms with Crippen LogP contribution < -0.4 is 10.6 Å². The van der Waals surface area contributed by atoms with Crippen molar-refractivity contribution in [3.05, 3.63) is 77.0 Å². The number of hydrogen-bond acceptors (Lipinski definition) is 6. The predicted octanol–water partition coefficient (Wildman–Crippen LogP) is 3.27. The van der Waals surface area contributed by atoms with Crippen molar-refractivity contribution in [1.29, 1.82) is 0 Å². The summed E-state index contributed by atoms with van der Waals surface area (Å²) in [6.07, 6.45) is 0. The molecular weight excluding hydrogens is 362 g/mol. The first-order valence-electron chi connectivity index (χ1n) is 8.31. The van der Waals surface area contributed by atoms with Gasteiger partial charge in [0.1, 0.15) is 5.76 Å². The number of aryl methyl sites for hydroxylation is 1. The fraction of sp³-hybridized carbons (Fsp3) is 0.100. The summed E-state index contributed by atoms with van der Waals surface area (Å²) in [7, 11) is 1.30. The van der Waals surface area contributed by atoms with Crippen LogP contribution in [-0.4, -0.2) is 30.1 Å². The summed E-state index contributed by atoms with van der Waals surface area (Å²) in [5.41, 5.74) is 1.49. The van der Waals surface area contributed by atoms with Gasteiger partial charge < -0.3 is 19.9 Å². The molecule has 0 fully saturated rings. The Hall–Kier alpha value is -3.94. The molecule has 8 nitrogen and oxygen atoms in total. The van der Waals surface area contributed by atoms with Gasteiger partial charge in [0.05, 0.1) is 12.7 Å². The number of methoxy groups -OCH3 is 1. The van der Waals surface area contributed by atoms with Gasteiger partial charge >= 0.3 is 5.97 Å². The van der Waals surface area contributed by atoms with Crippen molar-refractivity contribution >= 4 is 29.3 Å². The van der Waals surface area contributed by atoms with Gasteiger partial charge in [0.25, 0.3) is 11.8 Å². The molecule has 2 aromatic carbocycles. The quantitative estimate of drug-likeness (QED) is 0.658. The predicted molar refractivity (Wildman–Crippen MR) is 101 cm³/mol. The number of hydrogen-bond donors (Lipinski definition) is 2. The van der Waals surface area contributed by atoms with Gasteiger partial charge in [0.15, 0.2) is 5.82 Å². The third-order valence-corrected chi connectivity index (χ3v) is 3.82.